The third-order valence-electron chi connectivity index (χ3n) is 11.3. The Bertz CT molecular complexity index is 901. The molecule has 0 N–H and O–H groups in total. The second-order valence-corrected chi connectivity index (χ2v) is 33.1. The number of allylic oxidation sites excluding steroid dienone is 1. The van der Waals surface area contributed by atoms with Crippen LogP contribution in [0.1, 0.15) is 123 Å². The highest BCUT2D eigenvalue weighted by Gasteiger charge is 2.49. The summed E-state index contributed by atoms with van der Waals surface area (Å²) in [6.07, 6.45) is 3.47. The third kappa shape index (κ3) is 12.2. The molecule has 0 aliphatic heterocycles. The molecule has 0 saturated heterocycles. The normalized spacial score (nSPS) is 17.4. The van der Waals surface area contributed by atoms with Gasteiger partial charge in [0.1, 0.15) is 5.78 Å². The minimum atomic E-state index is -2.16. The van der Waals surface area contributed by atoms with Crippen molar-refractivity contribution in [3.8, 4) is 0 Å². The molecule has 0 aromatic heterocycles. The van der Waals surface area contributed by atoms with E-state index in [9.17, 15) is 4.79 Å². The van der Waals surface area contributed by atoms with Crippen molar-refractivity contribution < 1.29 is 18.1 Å². The molecule has 0 amide bonds. The lowest BCUT2D eigenvalue weighted by Gasteiger charge is -2.47. The lowest BCUT2D eigenvalue weighted by Crippen LogP contribution is -2.54. The number of hydrogen-bond acceptors (Lipinski definition) is 4. The van der Waals surface area contributed by atoms with Crippen molar-refractivity contribution in [2.75, 3.05) is 6.61 Å². The Hall–Kier alpha value is -0.0594. The summed E-state index contributed by atoms with van der Waals surface area (Å²) in [5.41, 5.74) is 0.530. The molecule has 256 valence electrons. The lowest BCUT2D eigenvalue weighted by atomic mass is 9.73. The van der Waals surface area contributed by atoms with Crippen LogP contribution in [0, 0.1) is 17.3 Å². The monoisotopic (exact) mass is 657 g/mol. The van der Waals surface area contributed by atoms with E-state index in [1.807, 2.05) is 0 Å². The van der Waals surface area contributed by atoms with Gasteiger partial charge in [-0.15, -0.1) is 6.58 Å². The highest BCUT2D eigenvalue weighted by molar-refractivity contribution is 6.75. The largest absolute Gasteiger partial charge is 0.417 e. The van der Waals surface area contributed by atoms with Crippen molar-refractivity contribution in [3.63, 3.8) is 0 Å². The van der Waals surface area contributed by atoms with Crippen LogP contribution in [0.15, 0.2) is 12.2 Å². The van der Waals surface area contributed by atoms with Gasteiger partial charge in [-0.1, -0.05) is 95.6 Å². The molecule has 0 unspecified atom stereocenters. The Labute approximate surface area is 273 Å². The first-order valence-corrected chi connectivity index (χ1v) is 25.7. The smallest absolute Gasteiger partial charge is 0.192 e. The van der Waals surface area contributed by atoms with E-state index in [0.29, 0.717) is 13.0 Å². The lowest BCUT2D eigenvalue weighted by molar-refractivity contribution is -0.141. The molecule has 0 spiro atoms. The zero-order chi connectivity index (χ0) is 34.6. The average Bonchev–Trinajstić information content (AvgIpc) is 2.78. The van der Waals surface area contributed by atoms with Gasteiger partial charge in [0.25, 0.3) is 0 Å². The first-order chi connectivity index (χ1) is 18.8. The van der Waals surface area contributed by atoms with Gasteiger partial charge in [-0.25, -0.2) is 0 Å². The van der Waals surface area contributed by atoms with Gasteiger partial charge in [0, 0.05) is 17.9 Å². The molecule has 7 heteroatoms. The second kappa shape index (κ2) is 15.2. The van der Waals surface area contributed by atoms with E-state index >= 15 is 0 Å². The van der Waals surface area contributed by atoms with E-state index in [2.05, 4.69) is 143 Å². The fourth-order valence-electron chi connectivity index (χ4n) is 4.75. The maximum absolute atomic E-state index is 14.7. The number of rotatable bonds is 17. The molecular formula is C36H76O4Si3. The summed E-state index contributed by atoms with van der Waals surface area (Å²) in [6, 6.07) is 0. The Morgan fingerprint density at radius 2 is 1.12 bits per heavy atom. The van der Waals surface area contributed by atoms with Crippen LogP contribution in [0.2, 0.25) is 54.4 Å². The highest BCUT2D eigenvalue weighted by Crippen LogP contribution is 2.44. The Kier molecular flexibility index (Phi) is 15.2. The van der Waals surface area contributed by atoms with Crippen molar-refractivity contribution in [3.05, 3.63) is 12.2 Å². The quantitative estimate of drug-likeness (QED) is 0.115. The molecule has 0 saturated carbocycles. The standard InChI is InChI=1S/C36H76O4Si3/c1-27(2)23-22-24-28(3)31(40-43(20,21)35(11,12)13)29(4)32(37)36(14,15)30(39-42(18,19)34(8,9)10)25-26-38-41(16,17)33(5,6)7/h28-31H,1,22-26H2,2-21H3/t28-,29+,30-,31-/m0/s1. The molecule has 0 radical (unpaired) electrons. The minimum Gasteiger partial charge on any atom is -0.417 e. The fraction of sp³-hybridized carbons (Fsp3) is 0.917. The molecule has 0 aliphatic carbocycles. The maximum atomic E-state index is 14.7. The second-order valence-electron chi connectivity index (χ2n) is 18.8. The van der Waals surface area contributed by atoms with Crippen molar-refractivity contribution in [2.24, 2.45) is 17.3 Å². The van der Waals surface area contributed by atoms with Gasteiger partial charge in [0.05, 0.1) is 12.2 Å². The summed E-state index contributed by atoms with van der Waals surface area (Å²) in [7, 11) is -6.20. The van der Waals surface area contributed by atoms with E-state index < -0.39 is 30.4 Å². The first kappa shape index (κ1) is 42.9. The molecule has 0 aromatic rings. The molecule has 0 rings (SSSR count). The molecule has 0 aromatic carbocycles. The van der Waals surface area contributed by atoms with Gasteiger partial charge in [0.2, 0.25) is 0 Å². The Morgan fingerprint density at radius 3 is 1.51 bits per heavy atom. The van der Waals surface area contributed by atoms with Crippen LogP contribution in [0.5, 0.6) is 0 Å². The van der Waals surface area contributed by atoms with E-state index in [4.69, 9.17) is 13.3 Å². The summed E-state index contributed by atoms with van der Waals surface area (Å²) >= 11 is 0. The predicted octanol–water partition coefficient (Wildman–Crippen LogP) is 11.8. The average molecular weight is 657 g/mol. The summed E-state index contributed by atoms with van der Waals surface area (Å²) in [5.74, 6) is 0.277. The van der Waals surface area contributed by atoms with Crippen LogP contribution in [0.25, 0.3) is 0 Å². The van der Waals surface area contributed by atoms with Crippen molar-refractivity contribution in [2.45, 2.75) is 189 Å². The fourth-order valence-corrected chi connectivity index (χ4v) is 8.76. The molecule has 4 atom stereocenters. The van der Waals surface area contributed by atoms with Crippen LogP contribution < -0.4 is 0 Å². The zero-order valence-corrected chi connectivity index (χ0v) is 35.7. The summed E-state index contributed by atoms with van der Waals surface area (Å²) < 4.78 is 20.9. The Morgan fingerprint density at radius 1 is 0.698 bits per heavy atom. The van der Waals surface area contributed by atoms with E-state index in [1.165, 1.54) is 5.57 Å². The SMILES string of the molecule is C=C(C)CCC[C@H](C)[C@H](O[Si](C)(C)C(C)(C)C)[C@@H](C)C(=O)C(C)(C)[C@H](CCO[Si](C)(C)C(C)(C)C)O[Si](C)(C)C(C)(C)C. The van der Waals surface area contributed by atoms with E-state index in [0.717, 1.165) is 19.3 Å². The van der Waals surface area contributed by atoms with Gasteiger partial charge in [0.15, 0.2) is 25.0 Å². The molecule has 0 aliphatic rings. The molecule has 0 heterocycles. The van der Waals surface area contributed by atoms with Crippen LogP contribution >= 0.6 is 0 Å². The van der Waals surface area contributed by atoms with E-state index in [1.54, 1.807) is 0 Å². The maximum Gasteiger partial charge on any atom is 0.192 e. The highest BCUT2D eigenvalue weighted by atomic mass is 28.4. The third-order valence-corrected chi connectivity index (χ3v) is 24.8. The summed E-state index contributed by atoms with van der Waals surface area (Å²) in [4.78, 5) is 14.7. The van der Waals surface area contributed by atoms with Crippen LogP contribution in [-0.4, -0.2) is 49.6 Å². The molecule has 0 bridgehead atoms. The molecule has 43 heavy (non-hydrogen) atoms. The first-order valence-electron chi connectivity index (χ1n) is 17.0. The number of Topliss-reactive ketones (excluding diaryl/α,β-unsaturated/α-hetero) is 1. The molecule has 0 fully saturated rings. The van der Waals surface area contributed by atoms with Gasteiger partial charge in [-0.3, -0.25) is 4.79 Å². The summed E-state index contributed by atoms with van der Waals surface area (Å²) in [5, 5.41) is 0.245. The van der Waals surface area contributed by atoms with Crippen LogP contribution in [0.3, 0.4) is 0 Å². The minimum absolute atomic E-state index is 0.0437. The Balaban J connectivity index is 6.51. The summed E-state index contributed by atoms with van der Waals surface area (Å²) in [6.45, 7) is 49.8. The molecule has 4 nitrogen and oxygen atoms in total. The number of carbonyl (C=O) groups excluding carboxylic acids is 1. The van der Waals surface area contributed by atoms with Crippen molar-refractivity contribution in [1.29, 1.82) is 0 Å². The molecular weight excluding hydrogens is 581 g/mol. The predicted molar refractivity (Wildman–Crippen MR) is 198 cm³/mol. The van der Waals surface area contributed by atoms with E-state index in [-0.39, 0.29) is 44.9 Å². The van der Waals surface area contributed by atoms with Gasteiger partial charge in [-0.05, 0) is 92.9 Å². The van der Waals surface area contributed by atoms with Gasteiger partial charge < -0.3 is 13.3 Å². The van der Waals surface area contributed by atoms with Crippen LogP contribution in [-0.2, 0) is 18.1 Å². The topological polar surface area (TPSA) is 44.8 Å². The van der Waals surface area contributed by atoms with Gasteiger partial charge >= 0.3 is 0 Å². The van der Waals surface area contributed by atoms with Gasteiger partial charge in [-0.2, -0.15) is 0 Å². The number of ketones is 1. The zero-order valence-electron chi connectivity index (χ0n) is 32.7. The number of carbonyl (C=O) groups is 1. The number of hydrogen-bond donors (Lipinski definition) is 0. The van der Waals surface area contributed by atoms with Crippen LogP contribution in [0.4, 0.5) is 0 Å². The van der Waals surface area contributed by atoms with Crippen molar-refractivity contribution >= 4 is 30.7 Å². The van der Waals surface area contributed by atoms with Crippen molar-refractivity contribution in [1.82, 2.24) is 0 Å².